The van der Waals surface area contributed by atoms with Crippen LogP contribution in [0.2, 0.25) is 5.15 Å². The lowest BCUT2D eigenvalue weighted by atomic mass is 10.2. The number of hydrogen-bond donors (Lipinski definition) is 2. The summed E-state index contributed by atoms with van der Waals surface area (Å²) in [6.45, 7) is 0. The average molecular weight is 378 g/mol. The molecule has 7 heteroatoms. The average Bonchev–Trinajstić information content (AvgIpc) is 2.53. The molecule has 0 amide bonds. The summed E-state index contributed by atoms with van der Waals surface area (Å²) in [6, 6.07) is 12.6. The number of aromatic hydroxyl groups is 1. The summed E-state index contributed by atoms with van der Waals surface area (Å²) in [5.41, 5.74) is 3.40. The highest BCUT2D eigenvalue weighted by molar-refractivity contribution is 9.10. The number of hydrazone groups is 1. The van der Waals surface area contributed by atoms with Crippen molar-refractivity contribution in [3.63, 3.8) is 0 Å². The topological polar surface area (TPSA) is 70.4 Å². The molecular formula is C15H10BrClN4O. The molecule has 110 valence electrons. The van der Waals surface area contributed by atoms with Crippen LogP contribution in [-0.4, -0.2) is 21.5 Å². The van der Waals surface area contributed by atoms with Crippen LogP contribution in [0.5, 0.6) is 5.75 Å². The van der Waals surface area contributed by atoms with Gasteiger partial charge >= 0.3 is 0 Å². The Morgan fingerprint density at radius 2 is 1.91 bits per heavy atom. The van der Waals surface area contributed by atoms with Gasteiger partial charge in [0.1, 0.15) is 5.75 Å². The summed E-state index contributed by atoms with van der Waals surface area (Å²) in [5.74, 6) is 0.631. The fourth-order valence-electron chi connectivity index (χ4n) is 1.95. The van der Waals surface area contributed by atoms with E-state index < -0.39 is 0 Å². The van der Waals surface area contributed by atoms with Crippen LogP contribution in [-0.2, 0) is 0 Å². The number of aromatic nitrogens is 2. The first-order valence-electron chi connectivity index (χ1n) is 6.33. The number of benzene rings is 2. The van der Waals surface area contributed by atoms with Gasteiger partial charge in [0.25, 0.3) is 0 Å². The summed E-state index contributed by atoms with van der Waals surface area (Å²) in [7, 11) is 0. The summed E-state index contributed by atoms with van der Waals surface area (Å²) in [5, 5.41) is 23.7. The molecule has 5 nitrogen and oxygen atoms in total. The lowest BCUT2D eigenvalue weighted by molar-refractivity contribution is 0.474. The molecule has 0 radical (unpaired) electrons. The molecule has 22 heavy (non-hydrogen) atoms. The quantitative estimate of drug-likeness (QED) is 0.530. The Morgan fingerprint density at radius 3 is 2.73 bits per heavy atom. The molecule has 3 rings (SSSR count). The predicted molar refractivity (Wildman–Crippen MR) is 91.6 cm³/mol. The predicted octanol–water partition coefficient (Wildman–Crippen LogP) is 4.20. The zero-order valence-corrected chi connectivity index (χ0v) is 13.5. The molecule has 0 bridgehead atoms. The van der Waals surface area contributed by atoms with Crippen LogP contribution in [0.1, 0.15) is 5.56 Å². The Bertz CT molecular complexity index is 869. The van der Waals surface area contributed by atoms with Crippen LogP contribution in [0, 0.1) is 0 Å². The van der Waals surface area contributed by atoms with E-state index in [0.717, 1.165) is 15.2 Å². The second kappa shape index (κ2) is 6.29. The Balaban J connectivity index is 1.90. The van der Waals surface area contributed by atoms with Gasteiger partial charge in [-0.2, -0.15) is 5.10 Å². The first-order valence-corrected chi connectivity index (χ1v) is 7.51. The first-order chi connectivity index (χ1) is 10.6. The van der Waals surface area contributed by atoms with Gasteiger partial charge in [0.05, 0.1) is 6.21 Å². The van der Waals surface area contributed by atoms with Crippen molar-refractivity contribution < 1.29 is 5.11 Å². The molecule has 2 aromatic carbocycles. The molecule has 0 aliphatic carbocycles. The summed E-state index contributed by atoms with van der Waals surface area (Å²) < 4.78 is 0.850. The van der Waals surface area contributed by atoms with Crippen molar-refractivity contribution in [2.75, 3.05) is 5.43 Å². The van der Waals surface area contributed by atoms with E-state index in [1.165, 1.54) is 6.21 Å². The third kappa shape index (κ3) is 3.03. The van der Waals surface area contributed by atoms with Crippen LogP contribution in [0.4, 0.5) is 5.82 Å². The van der Waals surface area contributed by atoms with Gasteiger partial charge in [0.15, 0.2) is 11.0 Å². The minimum Gasteiger partial charge on any atom is -0.507 e. The molecule has 0 fully saturated rings. The standard InChI is InChI=1S/C15H10BrClN4O/c16-10-5-6-13(22)9(7-10)8-18-20-15-12-4-2-1-3-11(12)14(17)19-21-15/h1-8,22H,(H,20,21)/b18-8+. The lowest BCUT2D eigenvalue weighted by Crippen LogP contribution is -1.97. The molecular weight excluding hydrogens is 368 g/mol. The van der Waals surface area contributed by atoms with Crippen LogP contribution in [0.15, 0.2) is 52.0 Å². The van der Waals surface area contributed by atoms with Gasteiger partial charge < -0.3 is 5.11 Å². The van der Waals surface area contributed by atoms with Gasteiger partial charge in [0.2, 0.25) is 0 Å². The maximum Gasteiger partial charge on any atom is 0.176 e. The molecule has 0 atom stereocenters. The van der Waals surface area contributed by atoms with Gasteiger partial charge in [-0.1, -0.05) is 51.8 Å². The van der Waals surface area contributed by atoms with Crippen molar-refractivity contribution in [2.24, 2.45) is 5.10 Å². The zero-order valence-electron chi connectivity index (χ0n) is 11.2. The third-order valence-electron chi connectivity index (χ3n) is 3.01. The number of phenolic OH excluding ortho intramolecular Hbond substituents is 1. The third-order valence-corrected chi connectivity index (χ3v) is 3.78. The highest BCUT2D eigenvalue weighted by Gasteiger charge is 2.06. The molecule has 0 aliphatic rings. The van der Waals surface area contributed by atoms with Crippen molar-refractivity contribution >= 4 is 50.3 Å². The number of phenols is 1. The minimum atomic E-state index is 0.140. The number of halogens is 2. The maximum absolute atomic E-state index is 9.76. The van der Waals surface area contributed by atoms with E-state index in [2.05, 4.69) is 36.7 Å². The fraction of sp³-hybridized carbons (Fsp3) is 0. The Labute approximate surface area is 139 Å². The van der Waals surface area contributed by atoms with Crippen LogP contribution in [0.25, 0.3) is 10.8 Å². The maximum atomic E-state index is 9.76. The zero-order chi connectivity index (χ0) is 15.5. The molecule has 2 N–H and O–H groups in total. The summed E-state index contributed by atoms with van der Waals surface area (Å²) in [4.78, 5) is 0. The van der Waals surface area contributed by atoms with Crippen molar-refractivity contribution in [3.8, 4) is 5.75 Å². The van der Waals surface area contributed by atoms with E-state index in [9.17, 15) is 5.11 Å². The Hall–Kier alpha value is -2.18. The van der Waals surface area contributed by atoms with Crippen molar-refractivity contribution in [3.05, 3.63) is 57.7 Å². The smallest absolute Gasteiger partial charge is 0.176 e. The van der Waals surface area contributed by atoms with E-state index in [-0.39, 0.29) is 5.75 Å². The van der Waals surface area contributed by atoms with Gasteiger partial charge in [-0.25, -0.2) is 0 Å². The first kappa shape index (κ1) is 14.7. The van der Waals surface area contributed by atoms with Gasteiger partial charge in [-0.15, -0.1) is 10.2 Å². The van der Waals surface area contributed by atoms with Crippen LogP contribution < -0.4 is 5.43 Å². The Morgan fingerprint density at radius 1 is 1.14 bits per heavy atom. The summed E-state index contributed by atoms with van der Waals surface area (Å²) >= 11 is 9.36. The van der Waals surface area contributed by atoms with Gasteiger partial charge in [-0.05, 0) is 18.2 Å². The molecule has 1 heterocycles. The number of anilines is 1. The normalized spacial score (nSPS) is 11.2. The number of hydrogen-bond acceptors (Lipinski definition) is 5. The number of nitrogens with zero attached hydrogens (tertiary/aromatic N) is 3. The van der Waals surface area contributed by atoms with Gasteiger partial charge in [0, 0.05) is 20.8 Å². The highest BCUT2D eigenvalue weighted by atomic mass is 79.9. The van der Waals surface area contributed by atoms with Crippen molar-refractivity contribution in [2.45, 2.75) is 0 Å². The van der Waals surface area contributed by atoms with E-state index in [0.29, 0.717) is 16.5 Å². The largest absolute Gasteiger partial charge is 0.507 e. The van der Waals surface area contributed by atoms with E-state index in [4.69, 9.17) is 11.6 Å². The second-order valence-corrected chi connectivity index (χ2v) is 5.73. The molecule has 0 aliphatic heterocycles. The molecule has 0 saturated heterocycles. The number of rotatable bonds is 3. The SMILES string of the molecule is Oc1ccc(Br)cc1/C=N/Nc1nnc(Cl)c2ccccc12. The molecule has 0 saturated carbocycles. The van der Waals surface area contributed by atoms with Crippen LogP contribution in [0.3, 0.4) is 0 Å². The van der Waals surface area contributed by atoms with E-state index >= 15 is 0 Å². The number of nitrogens with one attached hydrogen (secondary N) is 1. The van der Waals surface area contributed by atoms with Crippen molar-refractivity contribution in [1.29, 1.82) is 0 Å². The van der Waals surface area contributed by atoms with Crippen molar-refractivity contribution in [1.82, 2.24) is 10.2 Å². The lowest BCUT2D eigenvalue weighted by Gasteiger charge is -2.05. The van der Waals surface area contributed by atoms with Crippen LogP contribution >= 0.6 is 27.5 Å². The second-order valence-electron chi connectivity index (χ2n) is 4.46. The fourth-order valence-corrected chi connectivity index (χ4v) is 2.53. The highest BCUT2D eigenvalue weighted by Crippen LogP contribution is 2.25. The van der Waals surface area contributed by atoms with Gasteiger partial charge in [-0.3, -0.25) is 5.43 Å². The Kier molecular flexibility index (Phi) is 4.22. The van der Waals surface area contributed by atoms with E-state index in [1.54, 1.807) is 18.2 Å². The summed E-state index contributed by atoms with van der Waals surface area (Å²) in [6.07, 6.45) is 1.51. The monoisotopic (exact) mass is 376 g/mol. The molecule has 3 aromatic rings. The minimum absolute atomic E-state index is 0.140. The molecule has 1 aromatic heterocycles. The number of fused-ring (bicyclic) bond motifs is 1. The molecule has 0 spiro atoms. The molecule has 0 unspecified atom stereocenters. The van der Waals surface area contributed by atoms with E-state index in [1.807, 2.05) is 24.3 Å².